The molecule has 4 aromatic rings. The molecule has 7 nitrogen and oxygen atoms in total. The molecular weight excluding hydrogens is 497 g/mol. The Hall–Kier alpha value is -3.52. The van der Waals surface area contributed by atoms with Crippen molar-refractivity contribution in [3.63, 3.8) is 0 Å². The summed E-state index contributed by atoms with van der Waals surface area (Å²) in [5, 5.41) is 6.73. The van der Waals surface area contributed by atoms with Gasteiger partial charge in [0.1, 0.15) is 17.0 Å². The average molecular weight is 520 g/mol. The summed E-state index contributed by atoms with van der Waals surface area (Å²) in [5.74, 6) is 6.47. The maximum absolute atomic E-state index is 14.2. The molecule has 0 amide bonds. The highest BCUT2D eigenvalue weighted by molar-refractivity contribution is 7.92. The van der Waals surface area contributed by atoms with Crippen LogP contribution in [0.5, 0.6) is 0 Å². The van der Waals surface area contributed by atoms with E-state index in [-0.39, 0.29) is 17.5 Å². The number of aromatic nitrogens is 2. The highest BCUT2D eigenvalue weighted by Gasteiger charge is 2.32. The second-order valence-electron chi connectivity index (χ2n) is 8.69. The van der Waals surface area contributed by atoms with Crippen LogP contribution < -0.4 is 14.9 Å². The Morgan fingerprint density at radius 1 is 1.17 bits per heavy atom. The molecule has 6 rings (SSSR count). The Labute approximate surface area is 212 Å². The molecule has 1 fully saturated rings. The van der Waals surface area contributed by atoms with Crippen LogP contribution in [-0.4, -0.2) is 37.5 Å². The van der Waals surface area contributed by atoms with Gasteiger partial charge in [0.15, 0.2) is 5.82 Å². The van der Waals surface area contributed by atoms with E-state index < -0.39 is 15.8 Å². The Bertz CT molecular complexity index is 1640. The van der Waals surface area contributed by atoms with Gasteiger partial charge in [0.05, 0.1) is 26.8 Å². The fraction of sp³-hybridized carbons (Fsp3) is 0.231. The number of sulfonamides is 1. The number of benzene rings is 2. The Kier molecular flexibility index (Phi) is 5.84. The fourth-order valence-corrected chi connectivity index (χ4v) is 7.07. The first kappa shape index (κ1) is 22.9. The second kappa shape index (κ2) is 9.17. The number of hydrogen-bond acceptors (Lipinski definition) is 7. The van der Waals surface area contributed by atoms with Crippen molar-refractivity contribution in [1.82, 2.24) is 15.3 Å². The number of nitrogens with zero attached hydrogens (tertiary/aromatic N) is 3. The summed E-state index contributed by atoms with van der Waals surface area (Å²) < 4.78 is 42.7. The van der Waals surface area contributed by atoms with Crippen molar-refractivity contribution in [2.45, 2.75) is 30.2 Å². The summed E-state index contributed by atoms with van der Waals surface area (Å²) in [6.07, 6.45) is 4.27. The number of anilines is 3. The van der Waals surface area contributed by atoms with E-state index in [0.29, 0.717) is 17.9 Å². The molecule has 4 heterocycles. The molecule has 2 aromatic heterocycles. The highest BCUT2D eigenvalue weighted by atomic mass is 32.2. The first-order valence-electron chi connectivity index (χ1n) is 11.7. The number of nitrogens with one attached hydrogen (secondary N) is 2. The minimum Gasteiger partial charge on any atom is -0.339 e. The third kappa shape index (κ3) is 4.19. The van der Waals surface area contributed by atoms with E-state index in [1.54, 1.807) is 17.4 Å². The van der Waals surface area contributed by atoms with Crippen molar-refractivity contribution in [3.8, 4) is 11.8 Å². The van der Waals surface area contributed by atoms with Crippen LogP contribution in [-0.2, 0) is 16.4 Å². The summed E-state index contributed by atoms with van der Waals surface area (Å²) in [4.78, 5) is 9.44. The summed E-state index contributed by atoms with van der Waals surface area (Å²) in [7, 11) is -3.99. The Morgan fingerprint density at radius 2 is 2.06 bits per heavy atom. The summed E-state index contributed by atoms with van der Waals surface area (Å²) >= 11 is 1.54. The number of thiophene rings is 1. The SMILES string of the molecule is O=S(=O)(c1ccccc1F)N1CCc2cc(Nc3ncnc4cc(C#CC5CCCN5)sc34)ccc21. The van der Waals surface area contributed by atoms with Crippen LogP contribution in [0.15, 0.2) is 59.8 Å². The standard InChI is InChI=1S/C26H22FN5O2S2/c27-21-5-1-2-6-24(21)36(33,34)32-13-11-17-14-19(8-10-23(17)32)31-26-25-22(29-16-30-26)15-20(35-25)9-7-18-4-3-12-28-18/h1-2,5-6,8,10,14-16,18,28H,3-4,11-13H2,(H,29,30,31). The predicted molar refractivity (Wildman–Crippen MR) is 140 cm³/mol. The molecule has 2 aromatic carbocycles. The van der Waals surface area contributed by atoms with E-state index in [1.807, 2.05) is 18.2 Å². The largest absolute Gasteiger partial charge is 0.339 e. The number of hydrogen-bond donors (Lipinski definition) is 2. The van der Waals surface area contributed by atoms with E-state index in [9.17, 15) is 12.8 Å². The molecule has 1 unspecified atom stereocenters. The molecule has 0 radical (unpaired) electrons. The highest BCUT2D eigenvalue weighted by Crippen LogP contribution is 2.37. The first-order chi connectivity index (χ1) is 17.5. The van der Waals surface area contributed by atoms with Crippen molar-refractivity contribution in [2.75, 3.05) is 22.7 Å². The van der Waals surface area contributed by atoms with Gasteiger partial charge in [0.25, 0.3) is 10.0 Å². The lowest BCUT2D eigenvalue weighted by Crippen LogP contribution is -2.29. The molecule has 1 atom stereocenters. The molecule has 2 N–H and O–H groups in total. The van der Waals surface area contributed by atoms with Crippen molar-refractivity contribution in [1.29, 1.82) is 0 Å². The minimum atomic E-state index is -3.99. The van der Waals surface area contributed by atoms with Gasteiger partial charge in [-0.3, -0.25) is 4.31 Å². The van der Waals surface area contributed by atoms with Crippen LogP contribution in [0.25, 0.3) is 10.2 Å². The zero-order valence-corrected chi connectivity index (χ0v) is 20.8. The maximum Gasteiger partial charge on any atom is 0.267 e. The van der Waals surface area contributed by atoms with Gasteiger partial charge in [0, 0.05) is 12.2 Å². The zero-order valence-electron chi connectivity index (χ0n) is 19.2. The van der Waals surface area contributed by atoms with Crippen LogP contribution in [0.3, 0.4) is 0 Å². The van der Waals surface area contributed by atoms with Gasteiger partial charge in [-0.25, -0.2) is 22.8 Å². The summed E-state index contributed by atoms with van der Waals surface area (Å²) in [5.41, 5.74) is 3.04. The second-order valence-corrected chi connectivity index (χ2v) is 11.6. The number of fused-ring (bicyclic) bond motifs is 2. The van der Waals surface area contributed by atoms with Crippen molar-refractivity contribution in [2.24, 2.45) is 0 Å². The Morgan fingerprint density at radius 3 is 2.89 bits per heavy atom. The zero-order chi connectivity index (χ0) is 24.7. The van der Waals surface area contributed by atoms with E-state index >= 15 is 0 Å². The third-order valence-corrected chi connectivity index (χ3v) is 9.23. The van der Waals surface area contributed by atoms with Crippen molar-refractivity contribution < 1.29 is 12.8 Å². The van der Waals surface area contributed by atoms with Gasteiger partial charge in [-0.05, 0) is 67.8 Å². The van der Waals surface area contributed by atoms with Gasteiger partial charge < -0.3 is 10.6 Å². The van der Waals surface area contributed by atoms with Gasteiger partial charge in [0.2, 0.25) is 0 Å². The monoisotopic (exact) mass is 519 g/mol. The van der Waals surface area contributed by atoms with Crippen molar-refractivity contribution in [3.05, 3.63) is 71.1 Å². The molecule has 182 valence electrons. The summed E-state index contributed by atoms with van der Waals surface area (Å²) in [6, 6.07) is 13.1. The number of halogens is 1. The van der Waals surface area contributed by atoms with E-state index in [2.05, 4.69) is 32.4 Å². The molecule has 2 aliphatic heterocycles. The lowest BCUT2D eigenvalue weighted by Gasteiger charge is -2.20. The molecule has 0 saturated carbocycles. The van der Waals surface area contributed by atoms with E-state index in [0.717, 1.165) is 51.8 Å². The molecule has 0 bridgehead atoms. The average Bonchev–Trinajstić information content (AvgIpc) is 3.62. The van der Waals surface area contributed by atoms with E-state index in [1.165, 1.54) is 28.8 Å². The van der Waals surface area contributed by atoms with Crippen LogP contribution >= 0.6 is 11.3 Å². The smallest absolute Gasteiger partial charge is 0.267 e. The van der Waals surface area contributed by atoms with Crippen LogP contribution in [0.4, 0.5) is 21.6 Å². The molecule has 0 spiro atoms. The van der Waals surface area contributed by atoms with Crippen molar-refractivity contribution >= 4 is 48.8 Å². The lowest BCUT2D eigenvalue weighted by molar-refractivity contribution is 0.564. The Balaban J connectivity index is 1.26. The normalized spacial score (nSPS) is 17.1. The molecule has 0 aliphatic carbocycles. The van der Waals surface area contributed by atoms with E-state index in [4.69, 9.17) is 0 Å². The molecule has 2 aliphatic rings. The fourth-order valence-electron chi connectivity index (χ4n) is 4.58. The quantitative estimate of drug-likeness (QED) is 0.388. The maximum atomic E-state index is 14.2. The van der Waals surface area contributed by atoms with Crippen LogP contribution in [0.2, 0.25) is 0 Å². The van der Waals surface area contributed by atoms with Crippen LogP contribution in [0.1, 0.15) is 23.3 Å². The van der Waals surface area contributed by atoms with Gasteiger partial charge >= 0.3 is 0 Å². The predicted octanol–water partition coefficient (Wildman–Crippen LogP) is 4.43. The molecule has 1 saturated heterocycles. The van der Waals surface area contributed by atoms with Gasteiger partial charge in [-0.1, -0.05) is 24.0 Å². The van der Waals surface area contributed by atoms with Gasteiger partial charge in [-0.15, -0.1) is 11.3 Å². The lowest BCUT2D eigenvalue weighted by atomic mass is 10.1. The summed E-state index contributed by atoms with van der Waals surface area (Å²) in [6.45, 7) is 1.27. The topological polar surface area (TPSA) is 87.2 Å². The minimum absolute atomic E-state index is 0.243. The third-order valence-electron chi connectivity index (χ3n) is 6.34. The number of rotatable bonds is 4. The molecular formula is C26H22FN5O2S2. The first-order valence-corrected chi connectivity index (χ1v) is 13.9. The molecule has 10 heteroatoms. The molecule has 36 heavy (non-hydrogen) atoms. The van der Waals surface area contributed by atoms with Crippen LogP contribution in [0, 0.1) is 17.7 Å². The van der Waals surface area contributed by atoms with Gasteiger partial charge in [-0.2, -0.15) is 0 Å².